The Kier molecular flexibility index (Phi) is 6.63. The number of ether oxygens (including phenoxy) is 2. The van der Waals surface area contributed by atoms with Gasteiger partial charge in [0.2, 0.25) is 0 Å². The van der Waals surface area contributed by atoms with Crippen molar-refractivity contribution in [2.75, 3.05) is 32.6 Å². The smallest absolute Gasteiger partial charge is 0.279 e. The fourth-order valence-corrected chi connectivity index (χ4v) is 2.49. The molecule has 2 N–H and O–H groups in total. The maximum absolute atomic E-state index is 12.3. The lowest BCUT2D eigenvalue weighted by atomic mass is 10.2. The van der Waals surface area contributed by atoms with E-state index in [0.717, 1.165) is 35.8 Å². The van der Waals surface area contributed by atoms with Crippen LogP contribution in [0, 0.1) is 0 Å². The standard InChI is InChI=1S/C19H24N2O3/c1-4-21(13-15-6-5-7-18(12-15)24-3)14-19(22)20-16-8-10-17(23-2)11-9-16/h5-12H,4,13-14H2,1-3H3,(H,20,22)/p+1. The number of carbonyl (C=O) groups excluding carboxylic acids is 1. The van der Waals surface area contributed by atoms with Gasteiger partial charge in [0, 0.05) is 11.3 Å². The predicted molar refractivity (Wildman–Crippen MR) is 94.7 cm³/mol. The summed E-state index contributed by atoms with van der Waals surface area (Å²) in [5.74, 6) is 1.61. The van der Waals surface area contributed by atoms with Crippen molar-refractivity contribution in [3.63, 3.8) is 0 Å². The zero-order valence-corrected chi connectivity index (χ0v) is 14.5. The molecule has 5 heteroatoms. The van der Waals surface area contributed by atoms with Crippen LogP contribution < -0.4 is 19.7 Å². The van der Waals surface area contributed by atoms with Crippen molar-refractivity contribution >= 4 is 11.6 Å². The minimum Gasteiger partial charge on any atom is -0.497 e. The zero-order valence-electron chi connectivity index (χ0n) is 14.5. The molecule has 0 bridgehead atoms. The molecule has 0 spiro atoms. The Bertz CT molecular complexity index is 656. The Morgan fingerprint density at radius 3 is 2.38 bits per heavy atom. The first-order chi connectivity index (χ1) is 11.6. The Morgan fingerprint density at radius 2 is 1.75 bits per heavy atom. The minimum absolute atomic E-state index is 0.0000806. The van der Waals surface area contributed by atoms with E-state index in [0.29, 0.717) is 6.54 Å². The molecular weight excluding hydrogens is 304 g/mol. The van der Waals surface area contributed by atoms with Crippen molar-refractivity contribution in [2.24, 2.45) is 0 Å². The topological polar surface area (TPSA) is 52.0 Å². The summed E-state index contributed by atoms with van der Waals surface area (Å²) in [7, 11) is 3.28. The molecule has 128 valence electrons. The number of carbonyl (C=O) groups is 1. The fourth-order valence-electron chi connectivity index (χ4n) is 2.49. The molecule has 0 fully saturated rings. The van der Waals surface area contributed by atoms with E-state index in [2.05, 4.69) is 18.3 Å². The maximum Gasteiger partial charge on any atom is 0.279 e. The van der Waals surface area contributed by atoms with Gasteiger partial charge >= 0.3 is 0 Å². The monoisotopic (exact) mass is 329 g/mol. The fraction of sp³-hybridized carbons (Fsp3) is 0.316. The molecule has 0 radical (unpaired) electrons. The first-order valence-corrected chi connectivity index (χ1v) is 8.05. The summed E-state index contributed by atoms with van der Waals surface area (Å²) in [5, 5.41) is 2.93. The van der Waals surface area contributed by atoms with E-state index >= 15 is 0 Å². The summed E-state index contributed by atoms with van der Waals surface area (Å²) in [4.78, 5) is 13.5. The highest BCUT2D eigenvalue weighted by molar-refractivity contribution is 5.91. The van der Waals surface area contributed by atoms with Crippen LogP contribution in [0.4, 0.5) is 5.69 Å². The highest BCUT2D eigenvalue weighted by atomic mass is 16.5. The van der Waals surface area contributed by atoms with Crippen molar-refractivity contribution in [3.8, 4) is 11.5 Å². The number of rotatable bonds is 8. The summed E-state index contributed by atoms with van der Waals surface area (Å²) in [6.45, 7) is 4.15. The van der Waals surface area contributed by atoms with Crippen molar-refractivity contribution in [1.82, 2.24) is 0 Å². The molecule has 5 nitrogen and oxygen atoms in total. The maximum atomic E-state index is 12.3. The number of methoxy groups -OCH3 is 2. The molecule has 1 unspecified atom stereocenters. The first kappa shape index (κ1) is 17.8. The van der Waals surface area contributed by atoms with Gasteiger partial charge in [-0.2, -0.15) is 0 Å². The third kappa shape index (κ3) is 5.28. The third-order valence-electron chi connectivity index (χ3n) is 3.87. The van der Waals surface area contributed by atoms with E-state index in [1.165, 1.54) is 4.90 Å². The van der Waals surface area contributed by atoms with Gasteiger partial charge in [0.15, 0.2) is 6.54 Å². The molecule has 0 aliphatic rings. The van der Waals surface area contributed by atoms with Crippen LogP contribution in [0.15, 0.2) is 48.5 Å². The lowest BCUT2D eigenvalue weighted by Gasteiger charge is -2.17. The highest BCUT2D eigenvalue weighted by Crippen LogP contribution is 2.14. The van der Waals surface area contributed by atoms with E-state index in [-0.39, 0.29) is 5.91 Å². The number of quaternary nitrogens is 1. The molecular formula is C19H25N2O3+. The number of nitrogens with one attached hydrogen (secondary N) is 2. The summed E-state index contributed by atoms with van der Waals surface area (Å²) >= 11 is 0. The molecule has 0 saturated carbocycles. The molecule has 0 aliphatic carbocycles. The van der Waals surface area contributed by atoms with E-state index in [1.807, 2.05) is 42.5 Å². The van der Waals surface area contributed by atoms with Crippen molar-refractivity contribution in [1.29, 1.82) is 0 Å². The lowest BCUT2D eigenvalue weighted by Crippen LogP contribution is -3.11. The van der Waals surface area contributed by atoms with E-state index < -0.39 is 0 Å². The van der Waals surface area contributed by atoms with Crippen LogP contribution in [0.25, 0.3) is 0 Å². The van der Waals surface area contributed by atoms with Crippen LogP contribution >= 0.6 is 0 Å². The van der Waals surface area contributed by atoms with E-state index in [1.54, 1.807) is 14.2 Å². The van der Waals surface area contributed by atoms with Gasteiger partial charge in [-0.05, 0) is 43.3 Å². The number of likely N-dealkylation sites (N-methyl/N-ethyl adjacent to an activating group) is 1. The van der Waals surface area contributed by atoms with Gasteiger partial charge < -0.3 is 19.7 Å². The average Bonchev–Trinajstić information content (AvgIpc) is 2.62. The van der Waals surface area contributed by atoms with Gasteiger partial charge in [-0.1, -0.05) is 12.1 Å². The van der Waals surface area contributed by atoms with Crippen LogP contribution in [-0.2, 0) is 11.3 Å². The van der Waals surface area contributed by atoms with Gasteiger partial charge in [0.25, 0.3) is 5.91 Å². The normalized spacial score (nSPS) is 11.6. The molecule has 1 amide bonds. The SMILES string of the molecule is CC[NH+](CC(=O)Nc1ccc(OC)cc1)Cc1cccc(OC)c1. The van der Waals surface area contributed by atoms with E-state index in [9.17, 15) is 4.79 Å². The Hall–Kier alpha value is -2.53. The lowest BCUT2D eigenvalue weighted by molar-refractivity contribution is -0.903. The molecule has 24 heavy (non-hydrogen) atoms. The third-order valence-corrected chi connectivity index (χ3v) is 3.87. The molecule has 2 aromatic rings. The van der Waals surface area contributed by atoms with Gasteiger partial charge in [0.1, 0.15) is 18.0 Å². The van der Waals surface area contributed by atoms with Gasteiger partial charge in [-0.3, -0.25) is 4.79 Å². The number of benzene rings is 2. The Labute approximate surface area is 143 Å². The van der Waals surface area contributed by atoms with Crippen LogP contribution in [0.2, 0.25) is 0 Å². The van der Waals surface area contributed by atoms with Gasteiger partial charge in [-0.15, -0.1) is 0 Å². The van der Waals surface area contributed by atoms with Crippen LogP contribution in [-0.4, -0.2) is 33.2 Å². The number of hydrogen-bond acceptors (Lipinski definition) is 3. The Balaban J connectivity index is 1.91. The summed E-state index contributed by atoms with van der Waals surface area (Å²) in [6.07, 6.45) is 0. The number of amides is 1. The quantitative estimate of drug-likeness (QED) is 0.776. The average molecular weight is 329 g/mol. The molecule has 1 atom stereocenters. The van der Waals surface area contributed by atoms with Crippen LogP contribution in [0.5, 0.6) is 11.5 Å². The predicted octanol–water partition coefficient (Wildman–Crippen LogP) is 1.75. The molecule has 2 aromatic carbocycles. The zero-order chi connectivity index (χ0) is 17.4. The van der Waals surface area contributed by atoms with Crippen molar-refractivity contribution < 1.29 is 19.2 Å². The number of hydrogen-bond donors (Lipinski definition) is 2. The Morgan fingerprint density at radius 1 is 1.04 bits per heavy atom. The molecule has 0 saturated heterocycles. The second-order valence-electron chi connectivity index (χ2n) is 5.59. The molecule has 0 aromatic heterocycles. The van der Waals surface area contributed by atoms with Crippen molar-refractivity contribution in [2.45, 2.75) is 13.5 Å². The highest BCUT2D eigenvalue weighted by Gasteiger charge is 2.14. The molecule has 0 aliphatic heterocycles. The second kappa shape index (κ2) is 8.93. The van der Waals surface area contributed by atoms with Crippen LogP contribution in [0.1, 0.15) is 12.5 Å². The van der Waals surface area contributed by atoms with Gasteiger partial charge in [0.05, 0.1) is 20.8 Å². The molecule has 2 rings (SSSR count). The van der Waals surface area contributed by atoms with E-state index in [4.69, 9.17) is 9.47 Å². The van der Waals surface area contributed by atoms with Crippen LogP contribution in [0.3, 0.4) is 0 Å². The first-order valence-electron chi connectivity index (χ1n) is 8.05. The molecule has 0 heterocycles. The minimum atomic E-state index is -0.0000806. The van der Waals surface area contributed by atoms with Gasteiger partial charge in [-0.25, -0.2) is 0 Å². The summed E-state index contributed by atoms with van der Waals surface area (Å²) in [5.41, 5.74) is 1.93. The number of anilines is 1. The van der Waals surface area contributed by atoms with Crippen molar-refractivity contribution in [3.05, 3.63) is 54.1 Å². The largest absolute Gasteiger partial charge is 0.497 e. The summed E-state index contributed by atoms with van der Waals surface area (Å²) in [6, 6.07) is 15.3. The second-order valence-corrected chi connectivity index (χ2v) is 5.59. The summed E-state index contributed by atoms with van der Waals surface area (Å²) < 4.78 is 10.4.